The van der Waals surface area contributed by atoms with E-state index in [1.54, 1.807) is 7.11 Å². The molecular formula is C12H14BrClN2O. The van der Waals surface area contributed by atoms with Crippen LogP contribution in [0.5, 0.6) is 5.75 Å². The summed E-state index contributed by atoms with van der Waals surface area (Å²) in [6.45, 7) is 0.600. The lowest BCUT2D eigenvalue weighted by atomic mass is 10.2. The number of benzene rings is 1. The summed E-state index contributed by atoms with van der Waals surface area (Å²) in [7, 11) is 3.66. The van der Waals surface area contributed by atoms with Crippen molar-refractivity contribution in [3.8, 4) is 5.75 Å². The van der Waals surface area contributed by atoms with Crippen LogP contribution in [0, 0.1) is 0 Å². The van der Waals surface area contributed by atoms with Crippen LogP contribution in [-0.2, 0) is 13.5 Å². The van der Waals surface area contributed by atoms with Crippen molar-refractivity contribution in [3.05, 3.63) is 27.3 Å². The van der Waals surface area contributed by atoms with Gasteiger partial charge in [0.15, 0.2) is 0 Å². The van der Waals surface area contributed by atoms with E-state index in [-0.39, 0.29) is 0 Å². The monoisotopic (exact) mass is 316 g/mol. The number of rotatable bonds is 3. The molecule has 5 heteroatoms. The fourth-order valence-corrected chi connectivity index (χ4v) is 3.32. The van der Waals surface area contributed by atoms with Crippen molar-refractivity contribution in [3.63, 3.8) is 0 Å². The molecular weight excluding hydrogens is 304 g/mol. The highest BCUT2D eigenvalue weighted by Crippen LogP contribution is 2.40. The molecule has 0 saturated heterocycles. The first-order valence-electron chi connectivity index (χ1n) is 5.31. The molecule has 3 nitrogen and oxygen atoms in total. The second-order valence-corrected chi connectivity index (χ2v) is 5.03. The van der Waals surface area contributed by atoms with Gasteiger partial charge in [0, 0.05) is 29.0 Å². The van der Waals surface area contributed by atoms with Crippen LogP contribution in [0.3, 0.4) is 0 Å². The van der Waals surface area contributed by atoms with E-state index in [1.807, 2.05) is 19.2 Å². The van der Waals surface area contributed by atoms with Crippen LogP contribution in [0.1, 0.15) is 5.69 Å². The summed E-state index contributed by atoms with van der Waals surface area (Å²) < 4.78 is 8.46. The summed E-state index contributed by atoms with van der Waals surface area (Å²) in [6, 6.07) is 3.73. The lowest BCUT2D eigenvalue weighted by molar-refractivity contribution is 0.417. The van der Waals surface area contributed by atoms with E-state index in [0.717, 1.165) is 33.2 Å². The number of aromatic nitrogens is 1. The molecule has 17 heavy (non-hydrogen) atoms. The van der Waals surface area contributed by atoms with Gasteiger partial charge >= 0.3 is 0 Å². The van der Waals surface area contributed by atoms with Crippen molar-refractivity contribution >= 4 is 38.4 Å². The fourth-order valence-electron chi connectivity index (χ4n) is 2.09. The highest BCUT2D eigenvalue weighted by molar-refractivity contribution is 9.10. The minimum absolute atomic E-state index is 0.600. The van der Waals surface area contributed by atoms with E-state index in [0.29, 0.717) is 11.6 Å². The molecule has 0 atom stereocenters. The van der Waals surface area contributed by atoms with Crippen LogP contribution in [-0.4, -0.2) is 18.2 Å². The van der Waals surface area contributed by atoms with Crippen LogP contribution in [0.25, 0.3) is 10.9 Å². The number of nitrogens with zero attached hydrogens (tertiary/aromatic N) is 1. The zero-order valence-corrected chi connectivity index (χ0v) is 12.1. The third-order valence-corrected chi connectivity index (χ3v) is 4.07. The number of fused-ring (bicyclic) bond motifs is 1. The summed E-state index contributed by atoms with van der Waals surface area (Å²) in [5.74, 6) is 0.816. The molecule has 0 unspecified atom stereocenters. The van der Waals surface area contributed by atoms with Crippen molar-refractivity contribution < 1.29 is 4.74 Å². The molecule has 0 radical (unpaired) electrons. The average molecular weight is 318 g/mol. The van der Waals surface area contributed by atoms with Crippen LogP contribution < -0.4 is 10.5 Å². The number of methoxy groups -OCH3 is 1. The Labute approximate surface area is 114 Å². The van der Waals surface area contributed by atoms with Crippen LogP contribution in [0.4, 0.5) is 0 Å². The third kappa shape index (κ3) is 1.94. The molecule has 1 aromatic heterocycles. The van der Waals surface area contributed by atoms with Gasteiger partial charge in [-0.15, -0.1) is 0 Å². The molecule has 92 valence electrons. The number of halogens is 2. The molecule has 1 heterocycles. The van der Waals surface area contributed by atoms with Gasteiger partial charge in [0.05, 0.1) is 17.6 Å². The fraction of sp³-hybridized carbons (Fsp3) is 0.333. The first-order valence-corrected chi connectivity index (χ1v) is 6.48. The highest BCUT2D eigenvalue weighted by atomic mass is 79.9. The Morgan fingerprint density at radius 1 is 1.47 bits per heavy atom. The summed E-state index contributed by atoms with van der Waals surface area (Å²) in [6.07, 6.45) is 0.797. The predicted octanol–water partition coefficient (Wildman–Crippen LogP) is 3.10. The Hall–Kier alpha value is -0.710. The second kappa shape index (κ2) is 4.88. The highest BCUT2D eigenvalue weighted by Gasteiger charge is 2.18. The number of ether oxygens (including phenoxy) is 1. The second-order valence-electron chi connectivity index (χ2n) is 3.83. The quantitative estimate of drug-likeness (QED) is 0.945. The van der Waals surface area contributed by atoms with Gasteiger partial charge in [-0.05, 0) is 34.6 Å². The Morgan fingerprint density at radius 3 is 2.76 bits per heavy atom. The minimum atomic E-state index is 0.600. The molecule has 2 rings (SSSR count). The number of aryl methyl sites for hydroxylation is 1. The zero-order chi connectivity index (χ0) is 12.6. The summed E-state index contributed by atoms with van der Waals surface area (Å²) in [4.78, 5) is 0. The van der Waals surface area contributed by atoms with E-state index in [1.165, 1.54) is 0 Å². The van der Waals surface area contributed by atoms with Crippen LogP contribution in [0.15, 0.2) is 16.6 Å². The predicted molar refractivity (Wildman–Crippen MR) is 74.9 cm³/mol. The molecule has 0 bridgehead atoms. The van der Waals surface area contributed by atoms with Crippen LogP contribution >= 0.6 is 27.5 Å². The molecule has 1 aromatic carbocycles. The zero-order valence-electron chi connectivity index (χ0n) is 9.76. The standard InChI is InChI=1S/C12H14BrClN2O/c1-16-8(5-6-15)11(13)10-7(14)3-4-9(17-2)12(10)16/h3-4H,5-6,15H2,1-2H3. The molecule has 2 N–H and O–H groups in total. The van der Waals surface area contributed by atoms with Crippen LogP contribution in [0.2, 0.25) is 5.02 Å². The van der Waals surface area contributed by atoms with Gasteiger partial charge in [-0.1, -0.05) is 11.6 Å². The number of hydrogen-bond acceptors (Lipinski definition) is 2. The van der Waals surface area contributed by atoms with E-state index < -0.39 is 0 Å². The first-order chi connectivity index (χ1) is 8.11. The Balaban J connectivity index is 2.85. The van der Waals surface area contributed by atoms with Crippen molar-refractivity contribution in [2.24, 2.45) is 12.8 Å². The summed E-state index contributed by atoms with van der Waals surface area (Å²) >= 11 is 9.85. The molecule has 0 aliphatic carbocycles. The maximum atomic E-state index is 6.25. The first kappa shape index (κ1) is 12.7. The molecule has 0 amide bonds. The Kier molecular flexibility index (Phi) is 3.66. The third-order valence-electron chi connectivity index (χ3n) is 2.90. The van der Waals surface area contributed by atoms with Gasteiger partial charge < -0.3 is 15.0 Å². The van der Waals surface area contributed by atoms with Gasteiger partial charge in [0.2, 0.25) is 0 Å². The van der Waals surface area contributed by atoms with E-state index in [2.05, 4.69) is 20.5 Å². The van der Waals surface area contributed by atoms with Gasteiger partial charge in [-0.3, -0.25) is 0 Å². The largest absolute Gasteiger partial charge is 0.495 e. The normalized spacial score (nSPS) is 11.1. The molecule has 0 aliphatic rings. The van der Waals surface area contributed by atoms with E-state index in [4.69, 9.17) is 22.1 Å². The van der Waals surface area contributed by atoms with Gasteiger partial charge in [0.1, 0.15) is 5.75 Å². The summed E-state index contributed by atoms with van der Waals surface area (Å²) in [5, 5.41) is 1.70. The van der Waals surface area contributed by atoms with Gasteiger partial charge in [-0.25, -0.2) is 0 Å². The minimum Gasteiger partial charge on any atom is -0.495 e. The topological polar surface area (TPSA) is 40.2 Å². The molecule has 0 aliphatic heterocycles. The SMILES string of the molecule is COc1ccc(Cl)c2c(Br)c(CCN)n(C)c12. The van der Waals surface area contributed by atoms with E-state index in [9.17, 15) is 0 Å². The van der Waals surface area contributed by atoms with E-state index >= 15 is 0 Å². The Morgan fingerprint density at radius 2 is 2.18 bits per heavy atom. The molecule has 0 saturated carbocycles. The number of hydrogen-bond donors (Lipinski definition) is 1. The molecule has 2 aromatic rings. The molecule has 0 spiro atoms. The Bertz CT molecular complexity index is 565. The average Bonchev–Trinajstić information content (AvgIpc) is 2.56. The maximum Gasteiger partial charge on any atom is 0.143 e. The van der Waals surface area contributed by atoms with Crippen molar-refractivity contribution in [1.82, 2.24) is 4.57 Å². The number of nitrogens with two attached hydrogens (primary N) is 1. The van der Waals surface area contributed by atoms with Crippen molar-refractivity contribution in [2.45, 2.75) is 6.42 Å². The van der Waals surface area contributed by atoms with Crippen molar-refractivity contribution in [2.75, 3.05) is 13.7 Å². The van der Waals surface area contributed by atoms with Gasteiger partial charge in [0.25, 0.3) is 0 Å². The smallest absolute Gasteiger partial charge is 0.143 e. The summed E-state index contributed by atoms with van der Waals surface area (Å²) in [5.41, 5.74) is 7.76. The maximum absolute atomic E-state index is 6.25. The van der Waals surface area contributed by atoms with Gasteiger partial charge in [-0.2, -0.15) is 0 Å². The lowest BCUT2D eigenvalue weighted by Gasteiger charge is -2.07. The lowest BCUT2D eigenvalue weighted by Crippen LogP contribution is -2.07. The molecule has 0 fully saturated rings. The van der Waals surface area contributed by atoms with Crippen molar-refractivity contribution in [1.29, 1.82) is 0 Å².